The predicted molar refractivity (Wildman–Crippen MR) is 132 cm³/mol. The molecule has 2 amide bonds. The van der Waals surface area contributed by atoms with Crippen molar-refractivity contribution in [3.05, 3.63) is 47.5 Å². The predicted octanol–water partition coefficient (Wildman–Crippen LogP) is 1.61. The SMILES string of the molecule is COC(=O)c1ccc(C(=O)OC)c(NC(=O)NCCn2nnc3cc(S(=O)(=O)N4CCCC4)ccc32)c1. The summed E-state index contributed by atoms with van der Waals surface area (Å²) in [5.41, 5.74) is 1.32. The Morgan fingerprint density at radius 2 is 1.73 bits per heavy atom. The molecule has 1 aromatic heterocycles. The monoisotopic (exact) mass is 530 g/mol. The zero-order valence-electron chi connectivity index (χ0n) is 20.3. The van der Waals surface area contributed by atoms with Crippen LogP contribution in [0, 0.1) is 0 Å². The summed E-state index contributed by atoms with van der Waals surface area (Å²) in [4.78, 5) is 36.5. The molecule has 1 saturated heterocycles. The van der Waals surface area contributed by atoms with Crippen LogP contribution in [-0.2, 0) is 26.0 Å². The lowest BCUT2D eigenvalue weighted by Crippen LogP contribution is -2.32. The number of hydrogen-bond acceptors (Lipinski definition) is 9. The minimum atomic E-state index is -3.57. The minimum absolute atomic E-state index is 0.0623. The van der Waals surface area contributed by atoms with Crippen molar-refractivity contribution < 1.29 is 32.3 Å². The molecule has 37 heavy (non-hydrogen) atoms. The van der Waals surface area contributed by atoms with Gasteiger partial charge in [-0.2, -0.15) is 4.31 Å². The number of nitrogens with one attached hydrogen (secondary N) is 2. The number of hydrogen-bond donors (Lipinski definition) is 2. The van der Waals surface area contributed by atoms with Crippen LogP contribution in [0.4, 0.5) is 10.5 Å². The van der Waals surface area contributed by atoms with E-state index >= 15 is 0 Å². The van der Waals surface area contributed by atoms with E-state index < -0.39 is 28.0 Å². The number of carbonyl (C=O) groups excluding carboxylic acids is 3. The third kappa shape index (κ3) is 5.54. The molecule has 1 fully saturated rings. The number of ether oxygens (including phenoxy) is 2. The first-order valence-electron chi connectivity index (χ1n) is 11.4. The average molecular weight is 531 g/mol. The molecule has 1 aliphatic rings. The van der Waals surface area contributed by atoms with Crippen molar-refractivity contribution in [3.63, 3.8) is 0 Å². The third-order valence-corrected chi connectivity index (χ3v) is 7.79. The topological polar surface area (TPSA) is 162 Å². The normalized spacial score (nSPS) is 13.9. The minimum Gasteiger partial charge on any atom is -0.465 e. The van der Waals surface area contributed by atoms with Gasteiger partial charge < -0.3 is 20.1 Å². The second-order valence-corrected chi connectivity index (χ2v) is 10.1. The van der Waals surface area contributed by atoms with Gasteiger partial charge in [0.15, 0.2) is 0 Å². The molecule has 4 rings (SSSR count). The quantitative estimate of drug-likeness (QED) is 0.412. The summed E-state index contributed by atoms with van der Waals surface area (Å²) in [5.74, 6) is -1.32. The van der Waals surface area contributed by atoms with E-state index in [9.17, 15) is 22.8 Å². The van der Waals surface area contributed by atoms with Gasteiger partial charge in [-0.05, 0) is 49.2 Å². The molecule has 13 nitrogen and oxygen atoms in total. The van der Waals surface area contributed by atoms with E-state index in [1.165, 1.54) is 48.9 Å². The van der Waals surface area contributed by atoms with Crippen LogP contribution in [0.2, 0.25) is 0 Å². The Bertz CT molecular complexity index is 1450. The highest BCUT2D eigenvalue weighted by atomic mass is 32.2. The Morgan fingerprint density at radius 1 is 1.00 bits per heavy atom. The molecule has 0 unspecified atom stereocenters. The Kier molecular flexibility index (Phi) is 7.69. The van der Waals surface area contributed by atoms with E-state index in [4.69, 9.17) is 4.74 Å². The number of rotatable bonds is 8. The number of fused-ring (bicyclic) bond motifs is 1. The smallest absolute Gasteiger partial charge is 0.339 e. The number of sulfonamides is 1. The first-order valence-corrected chi connectivity index (χ1v) is 12.9. The number of amides is 2. The van der Waals surface area contributed by atoms with Crippen molar-refractivity contribution in [1.29, 1.82) is 0 Å². The van der Waals surface area contributed by atoms with Gasteiger partial charge in [-0.3, -0.25) is 0 Å². The summed E-state index contributed by atoms with van der Waals surface area (Å²) in [6.07, 6.45) is 1.69. The van der Waals surface area contributed by atoms with Crippen LogP contribution in [0.1, 0.15) is 33.6 Å². The number of methoxy groups -OCH3 is 2. The molecule has 0 radical (unpaired) electrons. The molecule has 196 valence electrons. The number of carbonyl (C=O) groups is 3. The second-order valence-electron chi connectivity index (χ2n) is 8.20. The van der Waals surface area contributed by atoms with Crippen molar-refractivity contribution in [3.8, 4) is 0 Å². The number of aromatic nitrogens is 3. The van der Waals surface area contributed by atoms with Gasteiger partial charge in [0.1, 0.15) is 5.52 Å². The van der Waals surface area contributed by atoms with Gasteiger partial charge in [0.05, 0.1) is 48.0 Å². The van der Waals surface area contributed by atoms with Crippen LogP contribution in [0.15, 0.2) is 41.3 Å². The highest BCUT2D eigenvalue weighted by molar-refractivity contribution is 7.89. The molecule has 0 bridgehead atoms. The van der Waals surface area contributed by atoms with Gasteiger partial charge in [-0.15, -0.1) is 5.10 Å². The van der Waals surface area contributed by atoms with Gasteiger partial charge >= 0.3 is 18.0 Å². The standard InChI is InChI=1S/C23H26N6O7S/c1-35-21(30)15-5-7-17(22(31)36-2)18(13-15)25-23(32)24-9-12-29-20-8-6-16(14-19(20)26-27-29)37(33,34)28-10-3-4-11-28/h5-8,13-14H,3-4,9-12H2,1-2H3,(H2,24,25,32). The van der Waals surface area contributed by atoms with Crippen molar-refractivity contribution in [2.45, 2.75) is 24.3 Å². The highest BCUT2D eigenvalue weighted by Crippen LogP contribution is 2.24. The third-order valence-electron chi connectivity index (χ3n) is 5.89. The average Bonchev–Trinajstić information content (AvgIpc) is 3.58. The molecule has 0 saturated carbocycles. The summed E-state index contributed by atoms with van der Waals surface area (Å²) in [7, 11) is -1.15. The number of urea groups is 1. The van der Waals surface area contributed by atoms with Gasteiger partial charge in [0, 0.05) is 19.6 Å². The zero-order chi connectivity index (χ0) is 26.6. The lowest BCUT2D eigenvalue weighted by atomic mass is 10.1. The molecule has 0 aliphatic carbocycles. The Labute approximate surface area is 212 Å². The van der Waals surface area contributed by atoms with E-state index in [1.54, 1.807) is 10.7 Å². The van der Waals surface area contributed by atoms with E-state index in [2.05, 4.69) is 25.7 Å². The Morgan fingerprint density at radius 3 is 2.43 bits per heavy atom. The number of esters is 2. The lowest BCUT2D eigenvalue weighted by molar-refractivity contribution is 0.0587. The summed E-state index contributed by atoms with van der Waals surface area (Å²) in [6, 6.07) is 8.09. The van der Waals surface area contributed by atoms with Crippen molar-refractivity contribution in [2.75, 3.05) is 39.2 Å². The molecule has 2 N–H and O–H groups in total. The van der Waals surface area contributed by atoms with Crippen LogP contribution in [0.25, 0.3) is 11.0 Å². The van der Waals surface area contributed by atoms with E-state index in [0.29, 0.717) is 24.1 Å². The van der Waals surface area contributed by atoms with Crippen LogP contribution in [-0.4, -0.2) is 79.5 Å². The van der Waals surface area contributed by atoms with Gasteiger partial charge in [-0.25, -0.2) is 27.5 Å². The van der Waals surface area contributed by atoms with Crippen LogP contribution >= 0.6 is 0 Å². The molecular formula is C23H26N6O7S. The Balaban J connectivity index is 1.41. The lowest BCUT2D eigenvalue weighted by Gasteiger charge is -2.15. The Hall–Kier alpha value is -4.04. The van der Waals surface area contributed by atoms with Crippen molar-refractivity contribution in [1.82, 2.24) is 24.6 Å². The van der Waals surface area contributed by atoms with E-state index in [1.807, 2.05) is 0 Å². The molecule has 2 aromatic carbocycles. The number of benzene rings is 2. The fourth-order valence-electron chi connectivity index (χ4n) is 3.98. The molecule has 0 spiro atoms. The maximum absolute atomic E-state index is 12.8. The largest absolute Gasteiger partial charge is 0.465 e. The molecule has 2 heterocycles. The van der Waals surface area contributed by atoms with E-state index in [-0.39, 0.29) is 34.8 Å². The summed E-state index contributed by atoms with van der Waals surface area (Å²) in [5, 5.41) is 13.3. The summed E-state index contributed by atoms with van der Waals surface area (Å²) < 4.78 is 38.0. The zero-order valence-corrected chi connectivity index (χ0v) is 21.1. The number of nitrogens with zero attached hydrogens (tertiary/aromatic N) is 4. The fraction of sp³-hybridized carbons (Fsp3) is 0.348. The van der Waals surface area contributed by atoms with Crippen LogP contribution in [0.5, 0.6) is 0 Å². The second kappa shape index (κ2) is 10.9. The maximum atomic E-state index is 12.8. The molecule has 1 aliphatic heterocycles. The summed E-state index contributed by atoms with van der Waals surface area (Å²) in [6.45, 7) is 1.40. The highest BCUT2D eigenvalue weighted by Gasteiger charge is 2.27. The molecular weight excluding hydrogens is 504 g/mol. The summed E-state index contributed by atoms with van der Waals surface area (Å²) >= 11 is 0. The molecule has 14 heteroatoms. The first-order chi connectivity index (χ1) is 17.7. The van der Waals surface area contributed by atoms with Gasteiger partial charge in [0.25, 0.3) is 0 Å². The van der Waals surface area contributed by atoms with Crippen LogP contribution < -0.4 is 10.6 Å². The van der Waals surface area contributed by atoms with E-state index in [0.717, 1.165) is 12.8 Å². The first kappa shape index (κ1) is 26.0. The van der Waals surface area contributed by atoms with Crippen molar-refractivity contribution >= 4 is 44.7 Å². The van der Waals surface area contributed by atoms with Crippen molar-refractivity contribution in [2.24, 2.45) is 0 Å². The maximum Gasteiger partial charge on any atom is 0.339 e. The van der Waals surface area contributed by atoms with Gasteiger partial charge in [0.2, 0.25) is 10.0 Å². The molecule has 0 atom stereocenters. The number of anilines is 1. The van der Waals surface area contributed by atoms with Gasteiger partial charge in [-0.1, -0.05) is 5.21 Å². The van der Waals surface area contributed by atoms with Crippen LogP contribution in [0.3, 0.4) is 0 Å². The fourth-order valence-corrected chi connectivity index (χ4v) is 5.52. The molecule has 3 aromatic rings.